The topological polar surface area (TPSA) is 66.9 Å². The second-order valence-corrected chi connectivity index (χ2v) is 7.66. The summed E-state index contributed by atoms with van der Waals surface area (Å²) < 4.78 is 66.6. The van der Waals surface area contributed by atoms with E-state index in [1.54, 1.807) is 20.8 Å². The predicted molar refractivity (Wildman–Crippen MR) is 98.8 cm³/mol. The molecule has 0 unspecified atom stereocenters. The molecule has 0 bridgehead atoms. The lowest BCUT2D eigenvalue weighted by Gasteiger charge is -2.22. The average Bonchev–Trinajstić information content (AvgIpc) is 2.53. The van der Waals surface area contributed by atoms with Gasteiger partial charge in [-0.2, -0.15) is 13.2 Å². The van der Waals surface area contributed by atoms with Crippen LogP contribution in [0.1, 0.15) is 38.3 Å². The van der Waals surface area contributed by atoms with Crippen LogP contribution in [0.5, 0.6) is 0 Å². The van der Waals surface area contributed by atoms with Crippen LogP contribution in [0.15, 0.2) is 18.2 Å². The first-order valence-corrected chi connectivity index (χ1v) is 8.75. The monoisotopic (exact) mass is 436 g/mol. The Morgan fingerprint density at radius 1 is 1.14 bits per heavy atom. The number of hydrogen-bond donors (Lipinski definition) is 2. The summed E-state index contributed by atoms with van der Waals surface area (Å²) in [6.45, 7) is 5.86. The summed E-state index contributed by atoms with van der Waals surface area (Å²) in [6.07, 6.45) is -4.66. The molecule has 158 valence electrons. The molecule has 0 aliphatic heterocycles. The van der Waals surface area contributed by atoms with E-state index in [1.165, 1.54) is 0 Å². The fourth-order valence-corrected chi connectivity index (χ4v) is 2.53. The molecule has 0 saturated carbocycles. The summed E-state index contributed by atoms with van der Waals surface area (Å²) >= 11 is 6.08. The highest BCUT2D eigenvalue weighted by Gasteiger charge is 2.37. The molecule has 1 aromatic carbocycles. The number of aromatic nitrogens is 2. The summed E-state index contributed by atoms with van der Waals surface area (Å²) in [5.74, 6) is -3.77. The third-order valence-electron chi connectivity index (χ3n) is 3.60. The molecule has 29 heavy (non-hydrogen) atoms. The van der Waals surface area contributed by atoms with Crippen LogP contribution in [0.3, 0.4) is 0 Å². The molecule has 0 aliphatic rings. The van der Waals surface area contributed by atoms with Crippen molar-refractivity contribution in [2.24, 2.45) is 0 Å². The van der Waals surface area contributed by atoms with E-state index in [4.69, 9.17) is 11.6 Å². The number of hydrogen-bond acceptors (Lipinski definition) is 4. The number of halogens is 6. The number of amides is 1. The lowest BCUT2D eigenvalue weighted by molar-refractivity contribution is -0.138. The Bertz CT molecular complexity index is 928. The van der Waals surface area contributed by atoms with Crippen molar-refractivity contribution < 1.29 is 26.7 Å². The lowest BCUT2D eigenvalue weighted by atomic mass is 10.1. The van der Waals surface area contributed by atoms with Gasteiger partial charge in [0.15, 0.2) is 0 Å². The van der Waals surface area contributed by atoms with Gasteiger partial charge in [-0.3, -0.25) is 4.79 Å². The Labute approximate surface area is 168 Å². The van der Waals surface area contributed by atoms with E-state index in [-0.39, 0.29) is 11.1 Å². The van der Waals surface area contributed by atoms with Crippen molar-refractivity contribution in [3.05, 3.63) is 40.8 Å². The van der Waals surface area contributed by atoms with Crippen molar-refractivity contribution in [3.63, 3.8) is 0 Å². The van der Waals surface area contributed by atoms with Crippen LogP contribution in [0, 0.1) is 11.6 Å². The van der Waals surface area contributed by atoms with Crippen molar-refractivity contribution >= 4 is 23.3 Å². The molecular formula is C18H18ClF5N4O. The van der Waals surface area contributed by atoms with Gasteiger partial charge in [-0.1, -0.05) is 11.6 Å². The van der Waals surface area contributed by atoms with Crippen LogP contribution < -0.4 is 10.6 Å². The quantitative estimate of drug-likeness (QED) is 0.525. The van der Waals surface area contributed by atoms with Gasteiger partial charge < -0.3 is 10.6 Å². The third kappa shape index (κ3) is 5.75. The summed E-state index contributed by atoms with van der Waals surface area (Å²) in [7, 11) is 0. The fourth-order valence-electron chi connectivity index (χ4n) is 2.25. The molecule has 11 heteroatoms. The molecule has 2 aromatic rings. The first kappa shape index (κ1) is 22.8. The second-order valence-electron chi connectivity index (χ2n) is 7.30. The normalized spacial score (nSPS) is 13.2. The number of carbonyl (C=O) groups is 1. The van der Waals surface area contributed by atoms with Crippen molar-refractivity contribution in [3.8, 4) is 11.1 Å². The minimum absolute atomic E-state index is 0.323. The molecular weight excluding hydrogens is 419 g/mol. The smallest absolute Gasteiger partial charge is 0.358 e. The number of nitrogens with one attached hydrogen (secondary N) is 2. The number of rotatable bonds is 4. The van der Waals surface area contributed by atoms with Crippen LogP contribution in [0.25, 0.3) is 11.1 Å². The average molecular weight is 437 g/mol. The molecule has 0 spiro atoms. The number of benzene rings is 1. The number of carbonyl (C=O) groups excluding carboxylic acids is 1. The zero-order valence-corrected chi connectivity index (χ0v) is 16.6. The molecule has 2 N–H and O–H groups in total. The summed E-state index contributed by atoms with van der Waals surface area (Å²) in [4.78, 5) is 20.0. The van der Waals surface area contributed by atoms with E-state index in [1.807, 2.05) is 0 Å². The van der Waals surface area contributed by atoms with Gasteiger partial charge in [-0.15, -0.1) is 0 Å². The Morgan fingerprint density at radius 3 is 2.28 bits per heavy atom. The van der Waals surface area contributed by atoms with E-state index < -0.39 is 52.1 Å². The van der Waals surface area contributed by atoms with Crippen molar-refractivity contribution in [2.75, 3.05) is 5.32 Å². The Kier molecular flexibility index (Phi) is 6.36. The highest BCUT2D eigenvalue weighted by molar-refractivity contribution is 6.33. The molecule has 1 aromatic heterocycles. The van der Waals surface area contributed by atoms with E-state index in [2.05, 4.69) is 20.6 Å². The molecule has 1 amide bonds. The van der Waals surface area contributed by atoms with Crippen LogP contribution >= 0.6 is 11.6 Å². The van der Waals surface area contributed by atoms with Gasteiger partial charge in [0.2, 0.25) is 5.82 Å². The molecule has 5 nitrogen and oxygen atoms in total. The molecule has 0 saturated heterocycles. The highest BCUT2D eigenvalue weighted by Crippen LogP contribution is 2.36. The number of nitrogens with zero attached hydrogens (tertiary/aromatic N) is 2. The van der Waals surface area contributed by atoms with E-state index in [9.17, 15) is 26.7 Å². The summed E-state index contributed by atoms with van der Waals surface area (Å²) in [5, 5.41) is 4.17. The molecule has 0 fully saturated rings. The van der Waals surface area contributed by atoms with Crippen LogP contribution in [0.4, 0.5) is 27.8 Å². The van der Waals surface area contributed by atoms with E-state index in [0.717, 1.165) is 19.1 Å². The third-order valence-corrected chi connectivity index (χ3v) is 3.87. The van der Waals surface area contributed by atoms with Crippen LogP contribution in [0.2, 0.25) is 5.15 Å². The highest BCUT2D eigenvalue weighted by atomic mass is 35.5. The molecule has 0 radical (unpaired) electrons. The van der Waals surface area contributed by atoms with E-state index in [0.29, 0.717) is 6.07 Å². The Hall–Kier alpha value is -2.49. The zero-order valence-electron chi connectivity index (χ0n) is 15.9. The molecule has 1 atom stereocenters. The van der Waals surface area contributed by atoms with Gasteiger partial charge in [0, 0.05) is 17.2 Å². The SMILES string of the molecule is C[C@H](Nc1nc(C(=O)NC(C)(C)C)nc(Cl)c1-c1ccc(F)cc1F)C(F)(F)F. The first-order valence-electron chi connectivity index (χ1n) is 8.38. The molecule has 2 rings (SSSR count). The van der Waals surface area contributed by atoms with Crippen molar-refractivity contribution in [1.82, 2.24) is 15.3 Å². The summed E-state index contributed by atoms with van der Waals surface area (Å²) in [5.41, 5.74) is -1.33. The Balaban J connectivity index is 2.64. The van der Waals surface area contributed by atoms with Gasteiger partial charge >= 0.3 is 6.18 Å². The van der Waals surface area contributed by atoms with E-state index >= 15 is 0 Å². The maximum atomic E-state index is 14.3. The predicted octanol–water partition coefficient (Wildman–Crippen LogP) is 4.97. The largest absolute Gasteiger partial charge is 0.408 e. The van der Waals surface area contributed by atoms with Gasteiger partial charge in [0.1, 0.15) is 28.6 Å². The second kappa shape index (κ2) is 8.10. The number of anilines is 1. The first-order chi connectivity index (χ1) is 13.2. The minimum Gasteiger partial charge on any atom is -0.358 e. The van der Waals surface area contributed by atoms with Crippen LogP contribution in [-0.4, -0.2) is 33.6 Å². The van der Waals surface area contributed by atoms with Gasteiger partial charge in [-0.05, 0) is 39.8 Å². The van der Waals surface area contributed by atoms with Crippen molar-refractivity contribution in [2.45, 2.75) is 45.5 Å². The zero-order chi connectivity index (χ0) is 22.1. The standard InChI is InChI=1S/C18H18ClF5N4O/c1-8(18(22,23)24)25-14-12(10-6-5-9(20)7-11(10)21)13(19)26-15(27-14)16(29)28-17(2,3)4/h5-8H,1-4H3,(H,28,29)(H,25,26,27)/t8-/m0/s1. The van der Waals surface area contributed by atoms with Gasteiger partial charge in [-0.25, -0.2) is 18.7 Å². The maximum Gasteiger partial charge on any atom is 0.408 e. The lowest BCUT2D eigenvalue weighted by Crippen LogP contribution is -2.41. The summed E-state index contributed by atoms with van der Waals surface area (Å²) in [6, 6.07) is 0.344. The minimum atomic E-state index is -4.66. The molecule has 1 heterocycles. The molecule has 0 aliphatic carbocycles. The van der Waals surface area contributed by atoms with Crippen molar-refractivity contribution in [1.29, 1.82) is 0 Å². The van der Waals surface area contributed by atoms with Gasteiger partial charge in [0.05, 0.1) is 5.56 Å². The maximum absolute atomic E-state index is 14.3. The van der Waals surface area contributed by atoms with Gasteiger partial charge in [0.25, 0.3) is 5.91 Å². The Morgan fingerprint density at radius 2 is 1.76 bits per heavy atom. The van der Waals surface area contributed by atoms with Crippen LogP contribution in [-0.2, 0) is 0 Å². The fraction of sp³-hybridized carbons (Fsp3) is 0.389. The number of alkyl halides is 3.